The van der Waals surface area contributed by atoms with Crippen molar-refractivity contribution in [3.8, 4) is 0 Å². The zero-order valence-corrected chi connectivity index (χ0v) is 7.72. The molecule has 2 unspecified atom stereocenters. The molecule has 1 rings (SSSR count). The third-order valence-corrected chi connectivity index (χ3v) is 1.83. The van der Waals surface area contributed by atoms with Crippen molar-refractivity contribution in [2.24, 2.45) is 0 Å². The predicted molar refractivity (Wildman–Crippen MR) is 47.8 cm³/mol. The summed E-state index contributed by atoms with van der Waals surface area (Å²) in [7, 11) is 0. The van der Waals surface area contributed by atoms with Gasteiger partial charge in [-0.15, -0.1) is 0 Å². The number of carboxylic acid groups (broad SMARTS) is 1. The molecule has 0 spiro atoms. The van der Waals surface area contributed by atoms with Crippen molar-refractivity contribution in [2.45, 2.75) is 12.2 Å². The fourth-order valence-electron chi connectivity index (χ4n) is 0.859. The molecular weight excluding hydrogens is 210 g/mol. The SMILES string of the molecule is O=C(O)C(O)C(O)c1ccc(Cl)cn1. The van der Waals surface area contributed by atoms with E-state index < -0.39 is 18.2 Å². The van der Waals surface area contributed by atoms with Crippen molar-refractivity contribution in [1.82, 2.24) is 4.98 Å². The summed E-state index contributed by atoms with van der Waals surface area (Å²) in [6, 6.07) is 2.79. The number of nitrogens with zero attached hydrogens (tertiary/aromatic N) is 1. The Labute approximate surface area is 84.6 Å². The lowest BCUT2D eigenvalue weighted by Crippen LogP contribution is -2.27. The number of pyridine rings is 1. The second-order valence-corrected chi connectivity index (χ2v) is 3.07. The Morgan fingerprint density at radius 1 is 1.43 bits per heavy atom. The maximum Gasteiger partial charge on any atom is 0.335 e. The summed E-state index contributed by atoms with van der Waals surface area (Å²) in [6.07, 6.45) is -2.18. The molecule has 3 N–H and O–H groups in total. The van der Waals surface area contributed by atoms with Gasteiger partial charge >= 0.3 is 5.97 Å². The fraction of sp³-hybridized carbons (Fsp3) is 0.250. The maximum atomic E-state index is 10.3. The molecule has 0 aliphatic rings. The highest BCUT2D eigenvalue weighted by molar-refractivity contribution is 6.30. The minimum absolute atomic E-state index is 0.0595. The van der Waals surface area contributed by atoms with Crippen LogP contribution in [0.5, 0.6) is 0 Å². The van der Waals surface area contributed by atoms with Crippen molar-refractivity contribution < 1.29 is 20.1 Å². The van der Waals surface area contributed by atoms with Crippen LogP contribution in [0, 0.1) is 0 Å². The lowest BCUT2D eigenvalue weighted by molar-refractivity contribution is -0.153. The number of carbonyl (C=O) groups is 1. The molecule has 76 valence electrons. The Balaban J connectivity index is 2.84. The van der Waals surface area contributed by atoms with Gasteiger partial charge in [-0.2, -0.15) is 0 Å². The highest BCUT2D eigenvalue weighted by Crippen LogP contribution is 2.16. The molecule has 0 aliphatic carbocycles. The van der Waals surface area contributed by atoms with E-state index in [1.54, 1.807) is 0 Å². The van der Waals surface area contributed by atoms with Crippen LogP contribution in [0.1, 0.15) is 11.8 Å². The van der Waals surface area contributed by atoms with E-state index >= 15 is 0 Å². The first-order chi connectivity index (χ1) is 6.52. The van der Waals surface area contributed by atoms with E-state index in [1.807, 2.05) is 0 Å². The zero-order valence-electron chi connectivity index (χ0n) is 6.96. The maximum absolute atomic E-state index is 10.3. The molecule has 0 aromatic carbocycles. The van der Waals surface area contributed by atoms with Crippen LogP contribution in [0.3, 0.4) is 0 Å². The van der Waals surface area contributed by atoms with E-state index in [9.17, 15) is 9.90 Å². The molecule has 0 aliphatic heterocycles. The van der Waals surface area contributed by atoms with Crippen molar-refractivity contribution in [3.05, 3.63) is 29.0 Å². The number of halogens is 1. The van der Waals surface area contributed by atoms with E-state index in [0.29, 0.717) is 5.02 Å². The van der Waals surface area contributed by atoms with E-state index in [2.05, 4.69) is 4.98 Å². The van der Waals surface area contributed by atoms with E-state index in [1.165, 1.54) is 18.3 Å². The molecule has 1 aromatic heterocycles. The fourth-order valence-corrected chi connectivity index (χ4v) is 0.971. The Hall–Kier alpha value is -1.17. The van der Waals surface area contributed by atoms with Crippen molar-refractivity contribution in [1.29, 1.82) is 0 Å². The number of aliphatic hydroxyl groups is 2. The number of hydrogen-bond donors (Lipinski definition) is 3. The molecule has 2 atom stereocenters. The molecular formula is C8H8ClNO4. The minimum atomic E-state index is -1.89. The van der Waals surface area contributed by atoms with Crippen LogP contribution >= 0.6 is 11.6 Å². The van der Waals surface area contributed by atoms with Gasteiger partial charge in [0.05, 0.1) is 10.7 Å². The van der Waals surface area contributed by atoms with Crippen LogP contribution in [0.2, 0.25) is 5.02 Å². The lowest BCUT2D eigenvalue weighted by Gasteiger charge is -2.12. The Kier molecular flexibility index (Phi) is 3.40. The Bertz CT molecular complexity index is 327. The molecule has 0 amide bonds. The lowest BCUT2D eigenvalue weighted by atomic mass is 10.1. The first-order valence-corrected chi connectivity index (χ1v) is 4.10. The van der Waals surface area contributed by atoms with Crippen LogP contribution < -0.4 is 0 Å². The van der Waals surface area contributed by atoms with Crippen LogP contribution in [0.25, 0.3) is 0 Å². The molecule has 0 fully saturated rings. The van der Waals surface area contributed by atoms with Gasteiger partial charge in [0.1, 0.15) is 6.10 Å². The van der Waals surface area contributed by atoms with Crippen LogP contribution in [-0.2, 0) is 4.79 Å². The van der Waals surface area contributed by atoms with Crippen LogP contribution in [0.4, 0.5) is 0 Å². The average Bonchev–Trinajstić information content (AvgIpc) is 2.16. The smallest absolute Gasteiger partial charge is 0.335 e. The standard InChI is InChI=1S/C8H8ClNO4/c9-4-1-2-5(10-3-4)6(11)7(12)8(13)14/h1-3,6-7,11-12H,(H,13,14). The van der Waals surface area contributed by atoms with Gasteiger partial charge in [-0.1, -0.05) is 11.6 Å². The van der Waals surface area contributed by atoms with Gasteiger partial charge in [-0.3, -0.25) is 4.98 Å². The van der Waals surface area contributed by atoms with Crippen molar-refractivity contribution in [2.75, 3.05) is 0 Å². The third-order valence-electron chi connectivity index (χ3n) is 1.61. The summed E-state index contributed by atoms with van der Waals surface area (Å²) < 4.78 is 0. The van der Waals surface area contributed by atoms with E-state index in [0.717, 1.165) is 0 Å². The Morgan fingerprint density at radius 2 is 2.07 bits per heavy atom. The van der Waals surface area contributed by atoms with Crippen molar-refractivity contribution >= 4 is 17.6 Å². The predicted octanol–water partition coefficient (Wildman–Crippen LogP) is 0.214. The van der Waals surface area contributed by atoms with E-state index in [-0.39, 0.29) is 5.69 Å². The molecule has 0 radical (unpaired) electrons. The highest BCUT2D eigenvalue weighted by atomic mass is 35.5. The molecule has 0 saturated heterocycles. The van der Waals surface area contributed by atoms with E-state index in [4.69, 9.17) is 21.8 Å². The quantitative estimate of drug-likeness (QED) is 0.674. The van der Waals surface area contributed by atoms with Gasteiger partial charge in [0.2, 0.25) is 0 Å². The second kappa shape index (κ2) is 4.36. The topological polar surface area (TPSA) is 90.7 Å². The second-order valence-electron chi connectivity index (χ2n) is 2.63. The molecule has 1 heterocycles. The summed E-state index contributed by atoms with van der Waals surface area (Å²) in [4.78, 5) is 14.0. The molecule has 0 saturated carbocycles. The summed E-state index contributed by atoms with van der Waals surface area (Å²) in [6.45, 7) is 0. The number of hydrogen-bond acceptors (Lipinski definition) is 4. The van der Waals surface area contributed by atoms with Gasteiger partial charge in [0.25, 0.3) is 0 Å². The largest absolute Gasteiger partial charge is 0.479 e. The summed E-state index contributed by atoms with van der Waals surface area (Å²) in [5, 5.41) is 27.1. The first-order valence-electron chi connectivity index (χ1n) is 3.72. The minimum Gasteiger partial charge on any atom is -0.479 e. The van der Waals surface area contributed by atoms with Gasteiger partial charge in [0, 0.05) is 6.20 Å². The average molecular weight is 218 g/mol. The van der Waals surface area contributed by atoms with Gasteiger partial charge in [-0.25, -0.2) is 4.79 Å². The third kappa shape index (κ3) is 2.41. The summed E-state index contributed by atoms with van der Waals surface area (Å²) >= 11 is 5.54. The zero-order chi connectivity index (χ0) is 10.7. The van der Waals surface area contributed by atoms with Crippen molar-refractivity contribution in [3.63, 3.8) is 0 Å². The normalized spacial score (nSPS) is 14.8. The monoisotopic (exact) mass is 217 g/mol. The molecule has 0 bridgehead atoms. The molecule has 6 heteroatoms. The highest BCUT2D eigenvalue weighted by Gasteiger charge is 2.25. The number of aliphatic hydroxyl groups excluding tert-OH is 2. The number of aliphatic carboxylic acids is 1. The van der Waals surface area contributed by atoms with Gasteiger partial charge in [-0.05, 0) is 12.1 Å². The van der Waals surface area contributed by atoms with Gasteiger partial charge in [0.15, 0.2) is 6.10 Å². The summed E-state index contributed by atoms with van der Waals surface area (Å²) in [5.41, 5.74) is 0.0595. The molecule has 5 nitrogen and oxygen atoms in total. The molecule has 14 heavy (non-hydrogen) atoms. The van der Waals surface area contributed by atoms with Crippen LogP contribution in [-0.4, -0.2) is 32.4 Å². The summed E-state index contributed by atoms with van der Waals surface area (Å²) in [5.74, 6) is -1.51. The van der Waals surface area contributed by atoms with Crippen LogP contribution in [0.15, 0.2) is 18.3 Å². The number of rotatable bonds is 3. The first kappa shape index (κ1) is 10.9. The Morgan fingerprint density at radius 3 is 2.50 bits per heavy atom. The molecule has 1 aromatic rings. The van der Waals surface area contributed by atoms with Gasteiger partial charge < -0.3 is 15.3 Å². The number of carboxylic acids is 1. The number of aromatic nitrogens is 1.